The Morgan fingerprint density at radius 3 is 2.64 bits per heavy atom. The zero-order chi connectivity index (χ0) is 19.5. The minimum absolute atomic E-state index is 0.0540. The van der Waals surface area contributed by atoms with E-state index in [1.54, 1.807) is 27.6 Å². The molecule has 0 spiro atoms. The van der Waals surface area contributed by atoms with Crippen LogP contribution < -0.4 is 0 Å². The van der Waals surface area contributed by atoms with Crippen LogP contribution in [0.4, 0.5) is 0 Å². The Morgan fingerprint density at radius 1 is 1.11 bits per heavy atom. The fourth-order valence-corrected chi connectivity index (χ4v) is 5.56. The molecule has 0 aliphatic rings. The first-order valence-electron chi connectivity index (χ1n) is 8.86. The molecule has 0 radical (unpaired) electrons. The molecule has 0 bridgehead atoms. The fraction of sp³-hybridized carbons (Fsp3) is 0.190. The van der Waals surface area contributed by atoms with Crippen LogP contribution in [-0.2, 0) is 4.79 Å². The molecule has 4 aromatic rings. The van der Waals surface area contributed by atoms with Crippen molar-refractivity contribution in [3.8, 4) is 11.3 Å². The molecule has 2 aromatic heterocycles. The first-order valence-corrected chi connectivity index (χ1v) is 11.5. The second kappa shape index (κ2) is 8.43. The van der Waals surface area contributed by atoms with Crippen LogP contribution in [0.3, 0.4) is 0 Å². The SMILES string of the molecule is C[C@@H](c1nc2ccccc2s1)N(C)C(=O)CSc1nc(-c2ccccc2)cs1. The van der Waals surface area contributed by atoms with Crippen molar-refractivity contribution in [1.29, 1.82) is 0 Å². The average Bonchev–Trinajstić information content (AvgIpc) is 3.38. The van der Waals surface area contributed by atoms with E-state index >= 15 is 0 Å². The number of nitrogens with zero attached hydrogens (tertiary/aromatic N) is 3. The lowest BCUT2D eigenvalue weighted by molar-refractivity contribution is -0.128. The number of hydrogen-bond acceptors (Lipinski definition) is 6. The number of benzene rings is 2. The maximum atomic E-state index is 12.7. The molecule has 1 amide bonds. The van der Waals surface area contributed by atoms with Crippen LogP contribution in [0.2, 0.25) is 0 Å². The van der Waals surface area contributed by atoms with Gasteiger partial charge in [-0.25, -0.2) is 9.97 Å². The number of para-hydroxylation sites is 1. The van der Waals surface area contributed by atoms with Crippen LogP contribution in [0.15, 0.2) is 64.3 Å². The fourth-order valence-electron chi connectivity index (χ4n) is 2.74. The van der Waals surface area contributed by atoms with Gasteiger partial charge in [-0.3, -0.25) is 4.79 Å². The summed E-state index contributed by atoms with van der Waals surface area (Å²) in [5.41, 5.74) is 3.04. The maximum absolute atomic E-state index is 12.7. The number of amides is 1. The van der Waals surface area contributed by atoms with Gasteiger partial charge in [0.2, 0.25) is 5.91 Å². The Kier molecular flexibility index (Phi) is 5.75. The lowest BCUT2D eigenvalue weighted by atomic mass is 10.2. The van der Waals surface area contributed by atoms with Gasteiger partial charge in [0.25, 0.3) is 0 Å². The number of thioether (sulfide) groups is 1. The quantitative estimate of drug-likeness (QED) is 0.370. The summed E-state index contributed by atoms with van der Waals surface area (Å²) >= 11 is 4.71. The predicted molar refractivity (Wildman–Crippen MR) is 119 cm³/mol. The highest BCUT2D eigenvalue weighted by Gasteiger charge is 2.21. The maximum Gasteiger partial charge on any atom is 0.233 e. The average molecular weight is 426 g/mol. The number of fused-ring (bicyclic) bond motifs is 1. The van der Waals surface area contributed by atoms with Gasteiger partial charge in [-0.2, -0.15) is 0 Å². The van der Waals surface area contributed by atoms with Gasteiger partial charge in [-0.15, -0.1) is 22.7 Å². The van der Waals surface area contributed by atoms with Crippen molar-refractivity contribution in [2.75, 3.05) is 12.8 Å². The van der Waals surface area contributed by atoms with E-state index in [4.69, 9.17) is 0 Å². The number of carbonyl (C=O) groups excluding carboxylic acids is 1. The molecule has 0 aliphatic carbocycles. The summed E-state index contributed by atoms with van der Waals surface area (Å²) in [6.07, 6.45) is 0. The summed E-state index contributed by atoms with van der Waals surface area (Å²) in [5.74, 6) is 0.446. The number of thiazole rings is 2. The number of rotatable bonds is 6. The van der Waals surface area contributed by atoms with Crippen molar-refractivity contribution in [2.24, 2.45) is 0 Å². The monoisotopic (exact) mass is 425 g/mol. The lowest BCUT2D eigenvalue weighted by Gasteiger charge is -2.22. The molecule has 4 rings (SSSR count). The van der Waals surface area contributed by atoms with E-state index in [2.05, 4.69) is 16.0 Å². The molecule has 7 heteroatoms. The molecule has 0 unspecified atom stereocenters. The zero-order valence-corrected chi connectivity index (χ0v) is 18.0. The predicted octanol–water partition coefficient (Wildman–Crippen LogP) is 5.73. The summed E-state index contributed by atoms with van der Waals surface area (Å²) < 4.78 is 2.06. The molecular weight excluding hydrogens is 406 g/mol. The third-order valence-corrected chi connectivity index (χ3v) is 7.73. The molecule has 0 aliphatic heterocycles. The van der Waals surface area contributed by atoms with E-state index in [0.29, 0.717) is 5.75 Å². The van der Waals surface area contributed by atoms with Crippen LogP contribution in [0.5, 0.6) is 0 Å². The number of carbonyl (C=O) groups is 1. The Hall–Kier alpha value is -2.22. The van der Waals surface area contributed by atoms with E-state index in [9.17, 15) is 4.79 Å². The molecule has 2 aromatic carbocycles. The van der Waals surface area contributed by atoms with E-state index in [1.165, 1.54) is 11.8 Å². The molecule has 142 valence electrons. The normalized spacial score (nSPS) is 12.2. The van der Waals surface area contributed by atoms with Crippen LogP contribution in [0.25, 0.3) is 21.5 Å². The standard InChI is InChI=1S/C21H19N3OS3/c1-14(20-22-16-10-6-7-11-18(16)28-20)24(2)19(25)13-27-21-23-17(12-26-21)15-8-4-3-5-9-15/h3-12,14H,13H2,1-2H3/t14-/m0/s1. The molecule has 28 heavy (non-hydrogen) atoms. The lowest BCUT2D eigenvalue weighted by Crippen LogP contribution is -2.31. The highest BCUT2D eigenvalue weighted by atomic mass is 32.2. The molecular formula is C21H19N3OS3. The minimum atomic E-state index is -0.0540. The van der Waals surface area contributed by atoms with E-state index in [0.717, 1.165) is 30.8 Å². The van der Waals surface area contributed by atoms with Gasteiger partial charge in [0.1, 0.15) is 5.01 Å². The van der Waals surface area contributed by atoms with E-state index < -0.39 is 0 Å². The summed E-state index contributed by atoms with van der Waals surface area (Å²) in [6.45, 7) is 2.02. The highest BCUT2D eigenvalue weighted by Crippen LogP contribution is 2.31. The van der Waals surface area contributed by atoms with Crippen LogP contribution >= 0.6 is 34.4 Å². The molecule has 4 nitrogen and oxygen atoms in total. The van der Waals surface area contributed by atoms with Gasteiger partial charge in [-0.1, -0.05) is 54.2 Å². The van der Waals surface area contributed by atoms with Crippen molar-refractivity contribution >= 4 is 50.6 Å². The Labute approximate surface area is 176 Å². The third kappa shape index (κ3) is 4.11. The molecule has 0 fully saturated rings. The van der Waals surface area contributed by atoms with Crippen LogP contribution in [-0.4, -0.2) is 33.6 Å². The largest absolute Gasteiger partial charge is 0.336 e. The van der Waals surface area contributed by atoms with E-state index in [1.807, 2.05) is 67.9 Å². The second-order valence-electron chi connectivity index (χ2n) is 6.35. The minimum Gasteiger partial charge on any atom is -0.336 e. The molecule has 0 saturated carbocycles. The van der Waals surface area contributed by atoms with Crippen molar-refractivity contribution < 1.29 is 4.79 Å². The summed E-state index contributed by atoms with van der Waals surface area (Å²) in [5, 5.41) is 3.00. The van der Waals surface area contributed by atoms with Crippen molar-refractivity contribution in [2.45, 2.75) is 17.3 Å². The van der Waals surface area contributed by atoms with Crippen molar-refractivity contribution in [3.05, 3.63) is 65.0 Å². The summed E-state index contributed by atoms with van der Waals surface area (Å²) in [6, 6.07) is 18.1. The first-order chi connectivity index (χ1) is 13.6. The molecule has 2 heterocycles. The van der Waals surface area contributed by atoms with Crippen LogP contribution in [0.1, 0.15) is 18.0 Å². The smallest absolute Gasteiger partial charge is 0.233 e. The zero-order valence-electron chi connectivity index (χ0n) is 15.5. The summed E-state index contributed by atoms with van der Waals surface area (Å²) in [7, 11) is 1.84. The van der Waals surface area contributed by atoms with Crippen molar-refractivity contribution in [1.82, 2.24) is 14.9 Å². The number of aromatic nitrogens is 2. The van der Waals surface area contributed by atoms with Crippen molar-refractivity contribution in [3.63, 3.8) is 0 Å². The van der Waals surface area contributed by atoms with E-state index in [-0.39, 0.29) is 11.9 Å². The number of hydrogen-bond donors (Lipinski definition) is 0. The van der Waals surface area contributed by atoms with Gasteiger partial charge in [0.15, 0.2) is 4.34 Å². The summed E-state index contributed by atoms with van der Waals surface area (Å²) in [4.78, 5) is 23.8. The second-order valence-corrected chi connectivity index (χ2v) is 9.50. The Bertz CT molecular complexity index is 1060. The van der Waals surface area contributed by atoms with Gasteiger partial charge in [0.05, 0.1) is 27.7 Å². The van der Waals surface area contributed by atoms with Crippen LogP contribution in [0, 0.1) is 0 Å². The van der Waals surface area contributed by atoms with Gasteiger partial charge < -0.3 is 4.90 Å². The molecule has 0 saturated heterocycles. The highest BCUT2D eigenvalue weighted by molar-refractivity contribution is 8.01. The Morgan fingerprint density at radius 2 is 1.86 bits per heavy atom. The topological polar surface area (TPSA) is 46.1 Å². The van der Waals surface area contributed by atoms with Gasteiger partial charge in [0, 0.05) is 18.0 Å². The Balaban J connectivity index is 1.38. The molecule has 1 atom stereocenters. The van der Waals surface area contributed by atoms with Gasteiger partial charge in [-0.05, 0) is 19.1 Å². The first kappa shape index (κ1) is 19.1. The molecule has 0 N–H and O–H groups in total. The van der Waals surface area contributed by atoms with Gasteiger partial charge >= 0.3 is 0 Å². The third-order valence-electron chi connectivity index (χ3n) is 4.51.